The number of fused-ring (bicyclic) bond motifs is 2. The number of nitriles is 1. The first-order valence-corrected chi connectivity index (χ1v) is 14.0. The Bertz CT molecular complexity index is 1630. The van der Waals surface area contributed by atoms with Crippen molar-refractivity contribution in [2.75, 3.05) is 11.9 Å². The molecule has 1 aliphatic rings. The van der Waals surface area contributed by atoms with Crippen molar-refractivity contribution in [2.24, 2.45) is 5.92 Å². The Morgan fingerprint density at radius 3 is 2.77 bits per heavy atom. The lowest BCUT2D eigenvalue weighted by atomic mass is 9.85. The van der Waals surface area contributed by atoms with Crippen LogP contribution in [0.1, 0.15) is 53.1 Å². The van der Waals surface area contributed by atoms with Crippen LogP contribution in [0.3, 0.4) is 0 Å². The minimum absolute atomic E-state index is 0.0912. The summed E-state index contributed by atoms with van der Waals surface area (Å²) < 4.78 is 10.9. The zero-order valence-electron chi connectivity index (χ0n) is 21.5. The van der Waals surface area contributed by atoms with Crippen LogP contribution >= 0.6 is 22.9 Å². The maximum absolute atomic E-state index is 13.3. The van der Waals surface area contributed by atoms with Gasteiger partial charge in [0.05, 0.1) is 17.6 Å². The van der Waals surface area contributed by atoms with Gasteiger partial charge in [0, 0.05) is 15.5 Å². The van der Waals surface area contributed by atoms with Crippen LogP contribution in [0.2, 0.25) is 5.02 Å². The van der Waals surface area contributed by atoms with E-state index >= 15 is 0 Å². The lowest BCUT2D eigenvalue weighted by Gasteiger charge is -2.20. The molecular weight excluding hydrogens is 534 g/mol. The molecule has 7 nitrogen and oxygen atoms in total. The predicted molar refractivity (Wildman–Crippen MR) is 153 cm³/mol. The topological polar surface area (TPSA) is 105 Å². The van der Waals surface area contributed by atoms with Gasteiger partial charge in [0.15, 0.2) is 5.76 Å². The molecule has 0 bridgehead atoms. The Kier molecular flexibility index (Phi) is 7.82. The number of hydrogen-bond acceptors (Lipinski definition) is 7. The Labute approximate surface area is 235 Å². The monoisotopic (exact) mass is 559 g/mol. The molecule has 1 atom stereocenters. The maximum atomic E-state index is 13.3. The van der Waals surface area contributed by atoms with E-state index in [0.29, 0.717) is 38.3 Å². The number of amides is 1. The number of rotatable bonds is 7. The number of benzene rings is 2. The van der Waals surface area contributed by atoms with Crippen molar-refractivity contribution in [1.82, 2.24) is 5.16 Å². The summed E-state index contributed by atoms with van der Waals surface area (Å²) >= 11 is 7.42. The number of carbonyl (C=O) groups excluding carboxylic acids is 2. The van der Waals surface area contributed by atoms with E-state index in [9.17, 15) is 14.9 Å². The molecule has 5 rings (SSSR count). The molecule has 0 aliphatic heterocycles. The normalized spacial score (nSPS) is 15.0. The van der Waals surface area contributed by atoms with Gasteiger partial charge in [-0.05, 0) is 85.7 Å². The first-order chi connectivity index (χ1) is 18.9. The summed E-state index contributed by atoms with van der Waals surface area (Å²) in [5.74, 6) is 0.0790. The van der Waals surface area contributed by atoms with Crippen LogP contribution in [0.5, 0.6) is 0 Å². The predicted octanol–water partition coefficient (Wildman–Crippen LogP) is 7.45. The number of anilines is 1. The van der Waals surface area contributed by atoms with Crippen LogP contribution in [0.4, 0.5) is 5.00 Å². The third-order valence-corrected chi connectivity index (χ3v) is 8.36. The Morgan fingerprint density at radius 1 is 1.26 bits per heavy atom. The van der Waals surface area contributed by atoms with E-state index in [1.54, 1.807) is 31.2 Å². The number of ether oxygens (including phenoxy) is 1. The molecule has 2 aromatic carbocycles. The van der Waals surface area contributed by atoms with Crippen LogP contribution in [0, 0.1) is 17.2 Å². The minimum Gasteiger partial charge on any atom is -0.462 e. The van der Waals surface area contributed by atoms with Crippen molar-refractivity contribution < 1.29 is 18.8 Å². The van der Waals surface area contributed by atoms with Gasteiger partial charge < -0.3 is 14.6 Å². The summed E-state index contributed by atoms with van der Waals surface area (Å²) in [6.45, 7) is 4.15. The lowest BCUT2D eigenvalue weighted by Crippen LogP contribution is -2.17. The Hall–Kier alpha value is -3.93. The maximum Gasteiger partial charge on any atom is 0.341 e. The second-order valence-corrected chi connectivity index (χ2v) is 10.9. The Balaban J connectivity index is 1.45. The molecule has 1 unspecified atom stereocenters. The van der Waals surface area contributed by atoms with Crippen molar-refractivity contribution in [1.29, 1.82) is 5.26 Å². The van der Waals surface area contributed by atoms with Crippen molar-refractivity contribution in [3.63, 3.8) is 0 Å². The van der Waals surface area contributed by atoms with Gasteiger partial charge in [-0.2, -0.15) is 5.26 Å². The fraction of sp³-hybridized carbons (Fsp3) is 0.267. The van der Waals surface area contributed by atoms with Crippen molar-refractivity contribution >= 4 is 56.8 Å². The highest BCUT2D eigenvalue weighted by molar-refractivity contribution is 7.17. The van der Waals surface area contributed by atoms with Crippen LogP contribution in [0.25, 0.3) is 28.3 Å². The van der Waals surface area contributed by atoms with Crippen LogP contribution in [-0.4, -0.2) is 23.6 Å². The molecule has 0 saturated heterocycles. The highest BCUT2D eigenvalue weighted by Crippen LogP contribution is 2.41. The summed E-state index contributed by atoms with van der Waals surface area (Å²) in [7, 11) is 0. The highest BCUT2D eigenvalue weighted by atomic mass is 35.5. The molecule has 39 heavy (non-hydrogen) atoms. The molecule has 0 fully saturated rings. The summed E-state index contributed by atoms with van der Waals surface area (Å²) in [6.07, 6.45) is 5.20. The molecule has 1 N–H and O–H groups in total. The molecule has 2 heterocycles. The fourth-order valence-electron chi connectivity index (χ4n) is 4.85. The standard InChI is InChI=1S/C30H26ClN3O4S/c1-3-17-5-11-22-25(15-17)39-29(26(22)30(36)37-4-2)33-28(35)20(16-32)13-18-6-12-24-23(14-18)27(38-34-24)19-7-9-21(31)10-8-19/h6-10,12-14,17H,3-5,11,15H2,1-2H3,(H,33,35)/b20-13+. The molecule has 4 aromatic rings. The van der Waals surface area contributed by atoms with E-state index in [2.05, 4.69) is 17.4 Å². The number of nitrogens with zero attached hydrogens (tertiary/aromatic N) is 2. The number of aromatic nitrogens is 1. The Morgan fingerprint density at radius 2 is 2.05 bits per heavy atom. The van der Waals surface area contributed by atoms with Crippen molar-refractivity contribution in [3.8, 4) is 17.4 Å². The minimum atomic E-state index is -0.586. The smallest absolute Gasteiger partial charge is 0.341 e. The quantitative estimate of drug-likeness (QED) is 0.143. The first-order valence-electron chi connectivity index (χ1n) is 12.8. The number of hydrogen-bond donors (Lipinski definition) is 1. The molecule has 9 heteroatoms. The number of carbonyl (C=O) groups is 2. The van der Waals surface area contributed by atoms with Gasteiger partial charge in [0.2, 0.25) is 0 Å². The molecule has 1 aliphatic carbocycles. The molecular formula is C30H26ClN3O4S. The van der Waals surface area contributed by atoms with Gasteiger partial charge >= 0.3 is 5.97 Å². The summed E-state index contributed by atoms with van der Waals surface area (Å²) in [5.41, 5.74) is 3.36. The van der Waals surface area contributed by atoms with E-state index in [4.69, 9.17) is 20.9 Å². The molecule has 0 saturated carbocycles. The number of esters is 1. The zero-order valence-corrected chi connectivity index (χ0v) is 23.1. The third kappa shape index (κ3) is 5.47. The molecule has 198 valence electrons. The SMILES string of the molecule is CCOC(=O)c1c(NC(=O)/C(C#N)=C/c2ccc3noc(-c4ccc(Cl)cc4)c3c2)sc2c1CCC(CC)C2. The first kappa shape index (κ1) is 26.7. The average Bonchev–Trinajstić information content (AvgIpc) is 3.52. The van der Waals surface area contributed by atoms with Crippen LogP contribution in [0.15, 0.2) is 52.6 Å². The van der Waals surface area contributed by atoms with E-state index in [1.807, 2.05) is 24.3 Å². The largest absolute Gasteiger partial charge is 0.462 e. The summed E-state index contributed by atoms with van der Waals surface area (Å²) in [4.78, 5) is 27.2. The van der Waals surface area contributed by atoms with E-state index in [0.717, 1.165) is 47.1 Å². The summed E-state index contributed by atoms with van der Waals surface area (Å²) in [6, 6.07) is 14.6. The zero-order chi connectivity index (χ0) is 27.5. The number of halogens is 1. The second kappa shape index (κ2) is 11.4. The number of nitrogens with one attached hydrogen (secondary N) is 1. The van der Waals surface area contributed by atoms with Gasteiger partial charge in [0.25, 0.3) is 5.91 Å². The van der Waals surface area contributed by atoms with Gasteiger partial charge in [-0.3, -0.25) is 4.79 Å². The van der Waals surface area contributed by atoms with Gasteiger partial charge in [-0.1, -0.05) is 36.2 Å². The van der Waals surface area contributed by atoms with Gasteiger partial charge in [-0.15, -0.1) is 11.3 Å². The molecule has 0 spiro atoms. The molecule has 2 aromatic heterocycles. The number of thiophene rings is 1. The third-order valence-electron chi connectivity index (χ3n) is 6.93. The second-order valence-electron chi connectivity index (χ2n) is 9.36. The van der Waals surface area contributed by atoms with Crippen molar-refractivity contribution in [3.05, 3.63) is 74.6 Å². The molecule has 0 radical (unpaired) electrons. The highest BCUT2D eigenvalue weighted by Gasteiger charge is 2.30. The van der Waals surface area contributed by atoms with Crippen LogP contribution < -0.4 is 5.32 Å². The van der Waals surface area contributed by atoms with Crippen molar-refractivity contribution in [2.45, 2.75) is 39.5 Å². The van der Waals surface area contributed by atoms with E-state index < -0.39 is 11.9 Å². The average molecular weight is 560 g/mol. The van der Waals surface area contributed by atoms with E-state index in [-0.39, 0.29) is 12.2 Å². The summed E-state index contributed by atoms with van der Waals surface area (Å²) in [5, 5.41) is 18.6. The van der Waals surface area contributed by atoms with Gasteiger partial charge in [0.1, 0.15) is 22.2 Å². The fourth-order valence-corrected chi connectivity index (χ4v) is 6.33. The van der Waals surface area contributed by atoms with Gasteiger partial charge in [-0.25, -0.2) is 4.79 Å². The van der Waals surface area contributed by atoms with Crippen LogP contribution in [-0.2, 0) is 22.4 Å². The molecule has 1 amide bonds. The lowest BCUT2D eigenvalue weighted by molar-refractivity contribution is -0.112. The van der Waals surface area contributed by atoms with E-state index in [1.165, 1.54) is 17.4 Å².